The smallest absolute Gasteiger partial charge is 0.194 e. The Hall–Kier alpha value is -0.120. The van der Waals surface area contributed by atoms with Crippen LogP contribution in [0.4, 0.5) is 0 Å². The molecule has 2 fully saturated rings. The van der Waals surface area contributed by atoms with Crippen molar-refractivity contribution in [1.29, 1.82) is 0 Å². The zero-order chi connectivity index (χ0) is 15.8. The van der Waals surface area contributed by atoms with Crippen LogP contribution in [-0.4, -0.2) is 87.5 Å². The van der Waals surface area contributed by atoms with Crippen molar-refractivity contribution in [3.8, 4) is 0 Å². The number of morpholine rings is 1. The summed E-state index contributed by atoms with van der Waals surface area (Å²) in [7, 11) is 2.13. The second-order valence-electron chi connectivity index (χ2n) is 6.04. The number of aliphatic imine (C=N–C) groups is 1. The molecule has 2 rings (SSSR count). The summed E-state index contributed by atoms with van der Waals surface area (Å²) in [5.41, 5.74) is 0. The van der Waals surface area contributed by atoms with Gasteiger partial charge in [-0.25, -0.2) is 0 Å². The van der Waals surface area contributed by atoms with E-state index in [0.717, 1.165) is 71.3 Å². The number of halogens is 1. The molecular formula is C16H33IN4O2. The van der Waals surface area contributed by atoms with E-state index in [1.165, 1.54) is 0 Å². The first-order valence-electron chi connectivity index (χ1n) is 8.69. The summed E-state index contributed by atoms with van der Waals surface area (Å²) in [4.78, 5) is 9.38. The van der Waals surface area contributed by atoms with Gasteiger partial charge in [0.2, 0.25) is 0 Å². The van der Waals surface area contributed by atoms with Crippen molar-refractivity contribution in [1.82, 2.24) is 15.1 Å². The molecule has 0 saturated carbocycles. The molecule has 2 heterocycles. The Balaban J connectivity index is 0.00000264. The minimum Gasteiger partial charge on any atom is -0.375 e. The standard InChI is InChI=1S/C16H32N4O2.HI/c1-4-17-16(18-8-9-19(3)5-2)20-10-12-22-15(13-20)14-7-6-11-21-14;/h14-15H,4-13H2,1-3H3,(H,17,18);1H. The summed E-state index contributed by atoms with van der Waals surface area (Å²) in [6, 6.07) is 0. The lowest BCUT2D eigenvalue weighted by molar-refractivity contribution is -0.0817. The molecule has 0 aromatic heterocycles. The molecule has 136 valence electrons. The number of rotatable bonds is 6. The molecule has 0 aliphatic carbocycles. The number of likely N-dealkylation sites (N-methyl/N-ethyl adjacent to an activating group) is 1. The molecule has 0 aromatic rings. The number of hydrogen-bond donors (Lipinski definition) is 1. The molecule has 1 N–H and O–H groups in total. The average molecular weight is 440 g/mol. The fourth-order valence-electron chi connectivity index (χ4n) is 2.90. The van der Waals surface area contributed by atoms with Crippen molar-refractivity contribution in [3.63, 3.8) is 0 Å². The molecule has 2 unspecified atom stereocenters. The van der Waals surface area contributed by atoms with Crippen LogP contribution in [0.2, 0.25) is 0 Å². The van der Waals surface area contributed by atoms with Crippen LogP contribution in [0.3, 0.4) is 0 Å². The predicted octanol–water partition coefficient (Wildman–Crippen LogP) is 1.40. The molecule has 0 amide bonds. The molecule has 2 aliphatic heterocycles. The average Bonchev–Trinajstić information content (AvgIpc) is 3.08. The zero-order valence-corrected chi connectivity index (χ0v) is 17.1. The quantitative estimate of drug-likeness (QED) is 0.385. The second kappa shape index (κ2) is 11.4. The van der Waals surface area contributed by atoms with E-state index in [0.29, 0.717) is 0 Å². The first-order valence-corrected chi connectivity index (χ1v) is 8.69. The molecule has 0 radical (unpaired) electrons. The van der Waals surface area contributed by atoms with Crippen molar-refractivity contribution in [2.45, 2.75) is 38.9 Å². The largest absolute Gasteiger partial charge is 0.375 e. The van der Waals surface area contributed by atoms with E-state index in [-0.39, 0.29) is 36.2 Å². The third-order valence-corrected chi connectivity index (χ3v) is 4.39. The van der Waals surface area contributed by atoms with Crippen molar-refractivity contribution in [3.05, 3.63) is 0 Å². The molecule has 2 saturated heterocycles. The molecule has 23 heavy (non-hydrogen) atoms. The maximum absolute atomic E-state index is 5.92. The van der Waals surface area contributed by atoms with Crippen molar-refractivity contribution in [2.75, 3.05) is 59.5 Å². The summed E-state index contributed by atoms with van der Waals surface area (Å²) in [6.45, 7) is 11.5. The lowest BCUT2D eigenvalue weighted by atomic mass is 10.1. The van der Waals surface area contributed by atoms with E-state index in [2.05, 4.69) is 36.0 Å². The SMILES string of the molecule is CCNC(=NCCN(C)CC)N1CCOC(C2CCCO2)C1.I. The van der Waals surface area contributed by atoms with Crippen molar-refractivity contribution < 1.29 is 9.47 Å². The van der Waals surface area contributed by atoms with E-state index < -0.39 is 0 Å². The number of nitrogens with zero attached hydrogens (tertiary/aromatic N) is 3. The Labute approximate surface area is 158 Å². The van der Waals surface area contributed by atoms with E-state index in [1.807, 2.05) is 0 Å². The van der Waals surface area contributed by atoms with E-state index in [4.69, 9.17) is 14.5 Å². The summed E-state index contributed by atoms with van der Waals surface area (Å²) < 4.78 is 11.7. The van der Waals surface area contributed by atoms with Gasteiger partial charge in [0, 0.05) is 32.8 Å². The second-order valence-corrected chi connectivity index (χ2v) is 6.04. The van der Waals surface area contributed by atoms with Crippen LogP contribution < -0.4 is 5.32 Å². The number of hydrogen-bond acceptors (Lipinski definition) is 4. The van der Waals surface area contributed by atoms with Crippen molar-refractivity contribution >= 4 is 29.9 Å². The third kappa shape index (κ3) is 6.72. The van der Waals surface area contributed by atoms with Crippen LogP contribution >= 0.6 is 24.0 Å². The van der Waals surface area contributed by atoms with E-state index >= 15 is 0 Å². The Kier molecular flexibility index (Phi) is 10.4. The van der Waals surface area contributed by atoms with E-state index in [1.54, 1.807) is 0 Å². The summed E-state index contributed by atoms with van der Waals surface area (Å²) in [6.07, 6.45) is 2.71. The highest BCUT2D eigenvalue weighted by molar-refractivity contribution is 14.0. The molecule has 2 aliphatic rings. The third-order valence-electron chi connectivity index (χ3n) is 4.39. The number of ether oxygens (including phenoxy) is 2. The topological polar surface area (TPSA) is 49.3 Å². The molecule has 0 bridgehead atoms. The van der Waals surface area contributed by atoms with Gasteiger partial charge >= 0.3 is 0 Å². The van der Waals surface area contributed by atoms with Gasteiger partial charge in [-0.15, -0.1) is 24.0 Å². The van der Waals surface area contributed by atoms with Gasteiger partial charge in [-0.3, -0.25) is 4.99 Å². The minimum atomic E-state index is 0. The fourth-order valence-corrected chi connectivity index (χ4v) is 2.90. The van der Waals surface area contributed by atoms with Crippen LogP contribution in [0.15, 0.2) is 4.99 Å². The van der Waals surface area contributed by atoms with Gasteiger partial charge in [-0.05, 0) is 33.4 Å². The predicted molar refractivity (Wildman–Crippen MR) is 105 cm³/mol. The highest BCUT2D eigenvalue weighted by atomic mass is 127. The number of guanidine groups is 1. The zero-order valence-electron chi connectivity index (χ0n) is 14.8. The first-order chi connectivity index (χ1) is 10.7. The Morgan fingerprint density at radius 3 is 2.70 bits per heavy atom. The lowest BCUT2D eigenvalue weighted by Gasteiger charge is -2.37. The Morgan fingerprint density at radius 2 is 2.04 bits per heavy atom. The monoisotopic (exact) mass is 440 g/mol. The van der Waals surface area contributed by atoms with Gasteiger partial charge in [-0.2, -0.15) is 0 Å². The summed E-state index contributed by atoms with van der Waals surface area (Å²) in [5, 5.41) is 3.42. The minimum absolute atomic E-state index is 0. The van der Waals surface area contributed by atoms with Gasteiger partial charge in [0.15, 0.2) is 5.96 Å². The highest BCUT2D eigenvalue weighted by Gasteiger charge is 2.32. The molecule has 0 spiro atoms. The molecule has 0 aromatic carbocycles. The normalized spacial score (nSPS) is 25.6. The van der Waals surface area contributed by atoms with Gasteiger partial charge in [0.05, 0.1) is 19.3 Å². The summed E-state index contributed by atoms with van der Waals surface area (Å²) >= 11 is 0. The van der Waals surface area contributed by atoms with Crippen LogP contribution in [0.25, 0.3) is 0 Å². The summed E-state index contributed by atoms with van der Waals surface area (Å²) in [5.74, 6) is 1.01. The van der Waals surface area contributed by atoms with Gasteiger partial charge in [0.1, 0.15) is 6.10 Å². The van der Waals surface area contributed by atoms with Gasteiger partial charge in [-0.1, -0.05) is 6.92 Å². The number of nitrogens with one attached hydrogen (secondary N) is 1. The molecular weight excluding hydrogens is 407 g/mol. The van der Waals surface area contributed by atoms with Crippen LogP contribution in [0, 0.1) is 0 Å². The van der Waals surface area contributed by atoms with Gasteiger partial charge < -0.3 is 24.6 Å². The Bertz CT molecular complexity index is 351. The van der Waals surface area contributed by atoms with Crippen LogP contribution in [0.1, 0.15) is 26.7 Å². The highest BCUT2D eigenvalue weighted by Crippen LogP contribution is 2.21. The van der Waals surface area contributed by atoms with Crippen LogP contribution in [0.5, 0.6) is 0 Å². The molecule has 6 nitrogen and oxygen atoms in total. The van der Waals surface area contributed by atoms with Gasteiger partial charge in [0.25, 0.3) is 0 Å². The van der Waals surface area contributed by atoms with Crippen LogP contribution in [-0.2, 0) is 9.47 Å². The Morgan fingerprint density at radius 1 is 1.26 bits per heavy atom. The van der Waals surface area contributed by atoms with Crippen molar-refractivity contribution in [2.24, 2.45) is 4.99 Å². The molecule has 2 atom stereocenters. The fraction of sp³-hybridized carbons (Fsp3) is 0.938. The van der Waals surface area contributed by atoms with E-state index in [9.17, 15) is 0 Å². The lowest BCUT2D eigenvalue weighted by Crippen LogP contribution is -2.53. The molecule has 7 heteroatoms. The first kappa shape index (κ1) is 20.9. The maximum Gasteiger partial charge on any atom is 0.194 e. The maximum atomic E-state index is 5.92.